The lowest BCUT2D eigenvalue weighted by Gasteiger charge is -2.19. The Morgan fingerprint density at radius 3 is 2.80 bits per heavy atom. The lowest BCUT2D eigenvalue weighted by Crippen LogP contribution is -2.15. The van der Waals surface area contributed by atoms with Crippen LogP contribution in [0.4, 0.5) is 0 Å². The van der Waals surface area contributed by atoms with E-state index >= 15 is 0 Å². The van der Waals surface area contributed by atoms with Crippen LogP contribution in [0.25, 0.3) is 0 Å². The lowest BCUT2D eigenvalue weighted by molar-refractivity contribution is 0.371. The van der Waals surface area contributed by atoms with Gasteiger partial charge in [-0.05, 0) is 25.2 Å². The highest BCUT2D eigenvalue weighted by molar-refractivity contribution is 7.11. The Hall–Kier alpha value is -0.0800. The summed E-state index contributed by atoms with van der Waals surface area (Å²) in [5.41, 5.74) is 0. The van der Waals surface area contributed by atoms with Crippen molar-refractivity contribution >= 4 is 22.9 Å². The summed E-state index contributed by atoms with van der Waals surface area (Å²) in [6.45, 7) is 2.07. The fourth-order valence-corrected chi connectivity index (χ4v) is 3.78. The molecule has 0 N–H and O–H groups in total. The molecule has 1 aliphatic carbocycles. The van der Waals surface area contributed by atoms with E-state index in [9.17, 15) is 0 Å². The quantitative estimate of drug-likeness (QED) is 0.728. The van der Waals surface area contributed by atoms with Gasteiger partial charge in [-0.25, -0.2) is 4.98 Å². The molecule has 1 saturated carbocycles. The second kappa shape index (κ2) is 5.31. The van der Waals surface area contributed by atoms with E-state index in [1.54, 1.807) is 0 Å². The number of thiazole rings is 1. The number of nitrogens with zero attached hydrogens (tertiary/aromatic N) is 1. The highest BCUT2D eigenvalue weighted by atomic mass is 35.5. The molecular formula is C12H18ClNS. The summed E-state index contributed by atoms with van der Waals surface area (Å²) in [6.07, 6.45) is 8.73. The van der Waals surface area contributed by atoms with Crippen molar-refractivity contribution in [1.82, 2.24) is 4.98 Å². The van der Waals surface area contributed by atoms with Crippen molar-refractivity contribution in [2.24, 2.45) is 11.8 Å². The van der Waals surface area contributed by atoms with Gasteiger partial charge in [0.25, 0.3) is 0 Å². The summed E-state index contributed by atoms with van der Waals surface area (Å²) >= 11 is 7.91. The maximum atomic E-state index is 6.09. The van der Waals surface area contributed by atoms with Crippen LogP contribution in [0.15, 0.2) is 6.20 Å². The molecule has 0 spiro atoms. The van der Waals surface area contributed by atoms with Crippen molar-refractivity contribution < 1.29 is 0 Å². The molecule has 0 radical (unpaired) electrons. The van der Waals surface area contributed by atoms with E-state index in [1.807, 2.05) is 17.5 Å². The van der Waals surface area contributed by atoms with Crippen LogP contribution in [-0.4, -0.2) is 10.9 Å². The third-order valence-electron chi connectivity index (χ3n) is 3.40. The first-order chi connectivity index (χ1) is 7.29. The Kier molecular flexibility index (Phi) is 4.04. The molecule has 1 aromatic rings. The second-order valence-corrected chi connectivity index (χ2v) is 6.14. The maximum Gasteiger partial charge on any atom is 0.0896 e. The molecule has 1 nitrogen and oxygen atoms in total. The monoisotopic (exact) mass is 243 g/mol. The highest BCUT2D eigenvalue weighted by Gasteiger charge is 2.24. The standard InChI is InChI=1S/C12H18ClNS/c1-9-14-8-12(15-9)6-11(7-13)10-4-2-3-5-10/h8,10-11H,2-7H2,1H3. The van der Waals surface area contributed by atoms with Crippen LogP contribution in [0.3, 0.4) is 0 Å². The summed E-state index contributed by atoms with van der Waals surface area (Å²) < 4.78 is 0. The van der Waals surface area contributed by atoms with Gasteiger partial charge in [-0.1, -0.05) is 25.7 Å². The number of aromatic nitrogens is 1. The third-order valence-corrected chi connectivity index (χ3v) is 4.73. The van der Waals surface area contributed by atoms with Crippen molar-refractivity contribution in [3.63, 3.8) is 0 Å². The summed E-state index contributed by atoms with van der Waals surface area (Å²) in [5, 5.41) is 1.17. The number of aryl methyl sites for hydroxylation is 1. The van der Waals surface area contributed by atoms with Crippen LogP contribution in [0, 0.1) is 18.8 Å². The van der Waals surface area contributed by atoms with E-state index in [1.165, 1.54) is 35.6 Å². The predicted molar refractivity (Wildman–Crippen MR) is 66.7 cm³/mol. The van der Waals surface area contributed by atoms with Crippen LogP contribution in [0.1, 0.15) is 35.6 Å². The van der Waals surface area contributed by atoms with Gasteiger partial charge in [0.2, 0.25) is 0 Å². The molecule has 0 amide bonds. The number of halogens is 1. The maximum absolute atomic E-state index is 6.09. The van der Waals surface area contributed by atoms with E-state index in [4.69, 9.17) is 11.6 Å². The minimum atomic E-state index is 0.675. The SMILES string of the molecule is Cc1ncc(CC(CCl)C2CCCC2)s1. The molecule has 1 aromatic heterocycles. The predicted octanol–water partition coefficient (Wildman–Crippen LogP) is 4.04. The largest absolute Gasteiger partial charge is 0.250 e. The molecule has 15 heavy (non-hydrogen) atoms. The molecule has 0 saturated heterocycles. The molecule has 1 fully saturated rings. The molecule has 1 heterocycles. The van der Waals surface area contributed by atoms with Gasteiger partial charge in [-0.2, -0.15) is 0 Å². The first kappa shape index (κ1) is 11.4. The van der Waals surface area contributed by atoms with E-state index in [0.29, 0.717) is 5.92 Å². The highest BCUT2D eigenvalue weighted by Crippen LogP contribution is 2.34. The number of hydrogen-bond acceptors (Lipinski definition) is 2. The van der Waals surface area contributed by atoms with Crippen LogP contribution >= 0.6 is 22.9 Å². The normalized spacial score (nSPS) is 19.6. The van der Waals surface area contributed by atoms with Gasteiger partial charge in [-0.15, -0.1) is 22.9 Å². The molecule has 1 unspecified atom stereocenters. The number of hydrogen-bond donors (Lipinski definition) is 0. The Morgan fingerprint density at radius 1 is 1.53 bits per heavy atom. The van der Waals surface area contributed by atoms with Gasteiger partial charge in [-0.3, -0.25) is 0 Å². The lowest BCUT2D eigenvalue weighted by atomic mass is 9.89. The van der Waals surface area contributed by atoms with Crippen molar-refractivity contribution in [3.05, 3.63) is 16.1 Å². The van der Waals surface area contributed by atoms with Gasteiger partial charge in [0.05, 0.1) is 5.01 Å². The van der Waals surface area contributed by atoms with Crippen LogP contribution in [-0.2, 0) is 6.42 Å². The van der Waals surface area contributed by atoms with Gasteiger partial charge < -0.3 is 0 Å². The van der Waals surface area contributed by atoms with Gasteiger partial charge in [0, 0.05) is 17.0 Å². The zero-order valence-corrected chi connectivity index (χ0v) is 10.8. The molecule has 0 bridgehead atoms. The number of alkyl halides is 1. The molecule has 2 rings (SSSR count). The molecule has 84 valence electrons. The minimum Gasteiger partial charge on any atom is -0.250 e. The first-order valence-corrected chi connectivity index (χ1v) is 7.12. The van der Waals surface area contributed by atoms with Crippen molar-refractivity contribution in [2.45, 2.75) is 39.0 Å². The molecule has 0 aromatic carbocycles. The van der Waals surface area contributed by atoms with Crippen molar-refractivity contribution in [1.29, 1.82) is 0 Å². The van der Waals surface area contributed by atoms with Crippen LogP contribution in [0.2, 0.25) is 0 Å². The van der Waals surface area contributed by atoms with Gasteiger partial charge in [0.1, 0.15) is 0 Å². The Bertz CT molecular complexity index is 304. The van der Waals surface area contributed by atoms with Crippen LogP contribution in [0.5, 0.6) is 0 Å². The average molecular weight is 244 g/mol. The molecule has 0 aliphatic heterocycles. The summed E-state index contributed by atoms with van der Waals surface area (Å²) in [5.74, 6) is 2.35. The fourth-order valence-electron chi connectivity index (χ4n) is 2.53. The third kappa shape index (κ3) is 2.94. The van der Waals surface area contributed by atoms with E-state index in [2.05, 4.69) is 11.9 Å². The first-order valence-electron chi connectivity index (χ1n) is 5.77. The molecule has 3 heteroatoms. The Balaban J connectivity index is 1.95. The molecule has 1 aliphatic rings. The average Bonchev–Trinajstić information content (AvgIpc) is 2.85. The Morgan fingerprint density at radius 2 is 2.27 bits per heavy atom. The number of rotatable bonds is 4. The van der Waals surface area contributed by atoms with E-state index < -0.39 is 0 Å². The van der Waals surface area contributed by atoms with Crippen molar-refractivity contribution in [2.75, 3.05) is 5.88 Å². The van der Waals surface area contributed by atoms with Crippen molar-refractivity contribution in [3.8, 4) is 0 Å². The molecular weight excluding hydrogens is 226 g/mol. The fraction of sp³-hybridized carbons (Fsp3) is 0.750. The summed E-state index contributed by atoms with van der Waals surface area (Å²) in [6, 6.07) is 0. The minimum absolute atomic E-state index is 0.675. The van der Waals surface area contributed by atoms with Crippen LogP contribution < -0.4 is 0 Å². The topological polar surface area (TPSA) is 12.9 Å². The van der Waals surface area contributed by atoms with E-state index in [0.717, 1.165) is 18.2 Å². The Labute approximate surface area is 101 Å². The van der Waals surface area contributed by atoms with E-state index in [-0.39, 0.29) is 0 Å². The van der Waals surface area contributed by atoms with Gasteiger partial charge >= 0.3 is 0 Å². The molecule has 1 atom stereocenters. The van der Waals surface area contributed by atoms with Gasteiger partial charge in [0.15, 0.2) is 0 Å². The zero-order valence-electron chi connectivity index (χ0n) is 9.21. The summed E-state index contributed by atoms with van der Waals surface area (Å²) in [7, 11) is 0. The smallest absolute Gasteiger partial charge is 0.0896 e. The second-order valence-electron chi connectivity index (χ2n) is 4.51. The zero-order chi connectivity index (χ0) is 10.7. The summed E-state index contributed by atoms with van der Waals surface area (Å²) in [4.78, 5) is 5.71.